The molecule has 0 aliphatic heterocycles. The van der Waals surface area contributed by atoms with Crippen LogP contribution in [-0.4, -0.2) is 30.2 Å². The second kappa shape index (κ2) is 6.26. The van der Waals surface area contributed by atoms with E-state index in [1.807, 2.05) is 6.92 Å². The van der Waals surface area contributed by atoms with Crippen molar-refractivity contribution in [3.8, 4) is 0 Å². The molecule has 18 heavy (non-hydrogen) atoms. The summed E-state index contributed by atoms with van der Waals surface area (Å²) in [4.78, 5) is 14.5. The molecule has 1 heterocycles. The first-order valence-corrected chi connectivity index (χ1v) is 8.07. The zero-order valence-electron chi connectivity index (χ0n) is 10.2. The summed E-state index contributed by atoms with van der Waals surface area (Å²) < 4.78 is 25.8. The minimum atomic E-state index is -3.33. The van der Waals surface area contributed by atoms with Gasteiger partial charge >= 0.3 is 5.97 Å². The van der Waals surface area contributed by atoms with E-state index >= 15 is 0 Å². The van der Waals surface area contributed by atoms with Gasteiger partial charge in [-0.25, -0.2) is 22.9 Å². The lowest BCUT2D eigenvalue weighted by Gasteiger charge is -2.11. The summed E-state index contributed by atoms with van der Waals surface area (Å²) in [7, 11) is -3.33. The summed E-state index contributed by atoms with van der Waals surface area (Å²) in [6.45, 7) is 3.56. The smallest absolute Gasteiger partial charge is 0.355 e. The predicted octanol–water partition coefficient (Wildman–Crippen LogP) is 1.62. The maximum absolute atomic E-state index is 11.7. The molecule has 1 rings (SSSR count). The number of aromatic nitrogens is 1. The molecule has 8 heteroatoms. The Labute approximate surface area is 110 Å². The van der Waals surface area contributed by atoms with Crippen LogP contribution < -0.4 is 4.72 Å². The Morgan fingerprint density at radius 1 is 1.61 bits per heavy atom. The molecule has 102 valence electrons. The fourth-order valence-electron chi connectivity index (χ4n) is 1.30. The first-order valence-electron chi connectivity index (χ1n) is 5.54. The largest absolute Gasteiger partial charge is 0.476 e. The van der Waals surface area contributed by atoms with Gasteiger partial charge in [-0.15, -0.1) is 11.3 Å². The van der Waals surface area contributed by atoms with Crippen LogP contribution in [0.25, 0.3) is 0 Å². The van der Waals surface area contributed by atoms with Gasteiger partial charge in [-0.3, -0.25) is 0 Å². The van der Waals surface area contributed by atoms with E-state index in [0.29, 0.717) is 11.4 Å². The molecule has 0 saturated heterocycles. The summed E-state index contributed by atoms with van der Waals surface area (Å²) in [5, 5.41) is 10.6. The molecule has 0 saturated carbocycles. The second-order valence-electron chi connectivity index (χ2n) is 3.89. The van der Waals surface area contributed by atoms with Crippen molar-refractivity contribution >= 4 is 27.3 Å². The highest BCUT2D eigenvalue weighted by molar-refractivity contribution is 7.89. The van der Waals surface area contributed by atoms with Gasteiger partial charge in [0.15, 0.2) is 5.69 Å². The lowest BCUT2D eigenvalue weighted by atomic mass is 10.4. The predicted molar refractivity (Wildman–Crippen MR) is 69.3 cm³/mol. The molecule has 1 atom stereocenters. The number of carbonyl (C=O) groups is 1. The summed E-state index contributed by atoms with van der Waals surface area (Å²) in [6, 6.07) is -0.509. The van der Waals surface area contributed by atoms with E-state index in [-0.39, 0.29) is 11.4 Å². The lowest BCUT2D eigenvalue weighted by molar-refractivity contribution is 0.0691. The maximum Gasteiger partial charge on any atom is 0.355 e. The highest BCUT2D eigenvalue weighted by atomic mass is 32.2. The fourth-order valence-corrected chi connectivity index (χ4v) is 3.61. The van der Waals surface area contributed by atoms with Crippen molar-refractivity contribution in [1.82, 2.24) is 9.71 Å². The van der Waals surface area contributed by atoms with Crippen molar-refractivity contribution in [2.24, 2.45) is 0 Å². The summed E-state index contributed by atoms with van der Waals surface area (Å²) in [5.74, 6) is -1.04. The molecule has 0 radical (unpaired) electrons. The number of thiazole rings is 1. The summed E-state index contributed by atoms with van der Waals surface area (Å²) in [5.41, 5.74) is -0.0605. The van der Waals surface area contributed by atoms with Crippen LogP contribution in [0.5, 0.6) is 0 Å². The monoisotopic (exact) mass is 292 g/mol. The fraction of sp³-hybridized carbons (Fsp3) is 0.600. The molecule has 1 aromatic rings. The number of aromatic carboxylic acids is 1. The van der Waals surface area contributed by atoms with Crippen molar-refractivity contribution in [3.63, 3.8) is 0 Å². The zero-order valence-corrected chi connectivity index (χ0v) is 11.8. The van der Waals surface area contributed by atoms with Gasteiger partial charge in [0.1, 0.15) is 5.01 Å². The minimum absolute atomic E-state index is 0.0605. The Morgan fingerprint density at radius 2 is 2.28 bits per heavy atom. The Hall–Kier alpha value is -0.990. The van der Waals surface area contributed by atoms with E-state index in [9.17, 15) is 13.2 Å². The number of nitrogens with one attached hydrogen (secondary N) is 1. The number of carboxylic acids is 1. The number of unbranched alkanes of at least 4 members (excludes halogenated alkanes) is 1. The number of hydrogen-bond donors (Lipinski definition) is 2. The average Bonchev–Trinajstić information content (AvgIpc) is 2.75. The van der Waals surface area contributed by atoms with Crippen LogP contribution in [0.15, 0.2) is 5.38 Å². The van der Waals surface area contributed by atoms with Crippen LogP contribution >= 0.6 is 11.3 Å². The molecule has 0 spiro atoms. The van der Waals surface area contributed by atoms with Crippen LogP contribution in [0, 0.1) is 0 Å². The van der Waals surface area contributed by atoms with E-state index in [1.54, 1.807) is 6.92 Å². The molecule has 0 fully saturated rings. The summed E-state index contributed by atoms with van der Waals surface area (Å²) >= 11 is 1.13. The third-order valence-corrected chi connectivity index (χ3v) is 4.80. The van der Waals surface area contributed by atoms with Gasteiger partial charge in [0.2, 0.25) is 10.0 Å². The Bertz CT molecular complexity index is 510. The first kappa shape index (κ1) is 15.1. The quantitative estimate of drug-likeness (QED) is 0.796. The van der Waals surface area contributed by atoms with Crippen LogP contribution in [0.3, 0.4) is 0 Å². The van der Waals surface area contributed by atoms with E-state index < -0.39 is 22.0 Å². The molecule has 1 unspecified atom stereocenters. The van der Waals surface area contributed by atoms with Crippen molar-refractivity contribution in [3.05, 3.63) is 16.1 Å². The Morgan fingerprint density at radius 3 is 2.78 bits per heavy atom. The van der Waals surface area contributed by atoms with E-state index in [4.69, 9.17) is 5.11 Å². The second-order valence-corrected chi connectivity index (χ2v) is 6.65. The van der Waals surface area contributed by atoms with Crippen molar-refractivity contribution in [2.45, 2.75) is 32.7 Å². The van der Waals surface area contributed by atoms with Crippen molar-refractivity contribution in [1.29, 1.82) is 0 Å². The highest BCUT2D eigenvalue weighted by Crippen LogP contribution is 2.18. The van der Waals surface area contributed by atoms with Gasteiger partial charge in [-0.05, 0) is 13.3 Å². The van der Waals surface area contributed by atoms with Gasteiger partial charge in [0.25, 0.3) is 0 Å². The molecule has 0 bridgehead atoms. The number of carboxylic acid groups (broad SMARTS) is 1. The van der Waals surface area contributed by atoms with Gasteiger partial charge in [-0.2, -0.15) is 0 Å². The molecule has 0 aliphatic rings. The normalized spacial score (nSPS) is 13.4. The van der Waals surface area contributed by atoms with Gasteiger partial charge in [-0.1, -0.05) is 13.3 Å². The molecule has 0 aliphatic carbocycles. The zero-order chi connectivity index (χ0) is 13.8. The minimum Gasteiger partial charge on any atom is -0.476 e. The van der Waals surface area contributed by atoms with E-state index in [2.05, 4.69) is 9.71 Å². The molecule has 1 aromatic heterocycles. The topological polar surface area (TPSA) is 96.4 Å². The van der Waals surface area contributed by atoms with Gasteiger partial charge in [0, 0.05) is 5.38 Å². The summed E-state index contributed by atoms with van der Waals surface area (Å²) in [6.07, 6.45) is 1.40. The molecule has 0 amide bonds. The Kier molecular flexibility index (Phi) is 5.24. The van der Waals surface area contributed by atoms with Crippen molar-refractivity contribution < 1.29 is 18.3 Å². The molecular formula is C10H16N2O4S2. The third kappa shape index (κ3) is 4.35. The van der Waals surface area contributed by atoms with Crippen LogP contribution in [0.1, 0.15) is 48.2 Å². The van der Waals surface area contributed by atoms with Crippen LogP contribution in [0.2, 0.25) is 0 Å². The highest BCUT2D eigenvalue weighted by Gasteiger charge is 2.19. The van der Waals surface area contributed by atoms with E-state index in [0.717, 1.165) is 17.8 Å². The van der Waals surface area contributed by atoms with Crippen LogP contribution in [-0.2, 0) is 10.0 Å². The lowest BCUT2D eigenvalue weighted by Crippen LogP contribution is -2.29. The SMILES string of the molecule is CCCCS(=O)(=O)NC(C)c1nc(C(=O)O)cs1. The van der Waals surface area contributed by atoms with E-state index in [1.165, 1.54) is 5.38 Å². The standard InChI is InChI=1S/C10H16N2O4S2/c1-3-4-5-18(15,16)12-7(2)9-11-8(6-17-9)10(13)14/h6-7,12H,3-5H2,1-2H3,(H,13,14). The maximum atomic E-state index is 11.7. The van der Waals surface area contributed by atoms with Gasteiger partial charge < -0.3 is 5.11 Å². The number of nitrogens with zero attached hydrogens (tertiary/aromatic N) is 1. The molecule has 6 nitrogen and oxygen atoms in total. The van der Waals surface area contributed by atoms with Gasteiger partial charge in [0.05, 0.1) is 11.8 Å². The Balaban J connectivity index is 2.69. The number of rotatable bonds is 7. The molecule has 2 N–H and O–H groups in total. The number of sulfonamides is 1. The first-order chi connectivity index (χ1) is 8.35. The third-order valence-electron chi connectivity index (χ3n) is 2.23. The number of hydrogen-bond acceptors (Lipinski definition) is 5. The molecule has 0 aromatic carbocycles. The average molecular weight is 292 g/mol. The molecular weight excluding hydrogens is 276 g/mol. The van der Waals surface area contributed by atoms with Crippen molar-refractivity contribution in [2.75, 3.05) is 5.75 Å². The van der Waals surface area contributed by atoms with Crippen LogP contribution in [0.4, 0.5) is 0 Å².